The van der Waals surface area contributed by atoms with E-state index in [-0.39, 0.29) is 5.91 Å². The van der Waals surface area contributed by atoms with Gasteiger partial charge < -0.3 is 5.73 Å². The summed E-state index contributed by atoms with van der Waals surface area (Å²) in [6.45, 7) is 1.91. The molecular weight excluding hydrogens is 280 g/mol. The zero-order chi connectivity index (χ0) is 13.4. The van der Waals surface area contributed by atoms with Crippen LogP contribution in [0.5, 0.6) is 0 Å². The summed E-state index contributed by atoms with van der Waals surface area (Å²) < 4.78 is 0. The molecule has 0 radical (unpaired) electrons. The van der Waals surface area contributed by atoms with Crippen LogP contribution in [0.3, 0.4) is 0 Å². The molecule has 0 aromatic carbocycles. The predicted octanol–water partition coefficient (Wildman–Crippen LogP) is 2.90. The summed E-state index contributed by atoms with van der Waals surface area (Å²) in [6, 6.07) is 3.78. The van der Waals surface area contributed by atoms with Crippen molar-refractivity contribution in [3.8, 4) is 0 Å². The lowest BCUT2D eigenvalue weighted by Gasteiger charge is -1.99. The van der Waals surface area contributed by atoms with Gasteiger partial charge in [0.1, 0.15) is 9.71 Å². The molecule has 3 aromatic heterocycles. The van der Waals surface area contributed by atoms with Crippen molar-refractivity contribution in [3.63, 3.8) is 0 Å². The summed E-state index contributed by atoms with van der Waals surface area (Å²) in [5.41, 5.74) is 7.39. The minimum absolute atomic E-state index is 0.242. The van der Waals surface area contributed by atoms with Crippen molar-refractivity contribution < 1.29 is 4.79 Å². The molecule has 3 rings (SSSR count). The molecule has 96 valence electrons. The van der Waals surface area contributed by atoms with Crippen molar-refractivity contribution in [1.29, 1.82) is 0 Å². The third kappa shape index (κ3) is 2.18. The molecule has 19 heavy (non-hydrogen) atoms. The van der Waals surface area contributed by atoms with Crippen LogP contribution in [-0.4, -0.2) is 15.9 Å². The van der Waals surface area contributed by atoms with E-state index in [0.717, 1.165) is 15.9 Å². The first kappa shape index (κ1) is 12.1. The molecule has 0 unspecified atom stereocenters. The summed E-state index contributed by atoms with van der Waals surface area (Å²) in [4.78, 5) is 21.8. The van der Waals surface area contributed by atoms with E-state index >= 15 is 0 Å². The molecule has 0 aliphatic rings. The average molecular weight is 290 g/mol. The molecule has 0 aliphatic heterocycles. The normalized spacial score (nSPS) is 10.8. The Bertz CT molecular complexity index is 749. The van der Waals surface area contributed by atoms with E-state index in [4.69, 9.17) is 5.73 Å². The van der Waals surface area contributed by atoms with E-state index in [0.29, 0.717) is 15.7 Å². The monoisotopic (exact) mass is 290 g/mol. The molecule has 3 N–H and O–H groups in total. The van der Waals surface area contributed by atoms with Crippen molar-refractivity contribution >= 4 is 49.6 Å². The van der Waals surface area contributed by atoms with Crippen LogP contribution in [0, 0.1) is 6.92 Å². The van der Waals surface area contributed by atoms with Gasteiger partial charge in [-0.15, -0.1) is 22.7 Å². The van der Waals surface area contributed by atoms with E-state index in [2.05, 4.69) is 15.3 Å². The number of thiophene rings is 1. The van der Waals surface area contributed by atoms with Crippen molar-refractivity contribution in [3.05, 3.63) is 34.3 Å². The maximum atomic E-state index is 12.1. The number of hydrogen-bond donors (Lipinski definition) is 2. The molecule has 1 amide bonds. The van der Waals surface area contributed by atoms with Gasteiger partial charge in [-0.1, -0.05) is 0 Å². The Morgan fingerprint density at radius 3 is 3.00 bits per heavy atom. The van der Waals surface area contributed by atoms with Crippen LogP contribution in [0.4, 0.5) is 10.8 Å². The van der Waals surface area contributed by atoms with E-state index in [1.165, 1.54) is 22.7 Å². The number of aryl methyl sites for hydroxylation is 1. The summed E-state index contributed by atoms with van der Waals surface area (Å²) in [6.07, 6.45) is 1.64. The minimum atomic E-state index is -0.242. The molecule has 0 aliphatic carbocycles. The van der Waals surface area contributed by atoms with Crippen molar-refractivity contribution in [2.75, 3.05) is 11.1 Å². The topological polar surface area (TPSA) is 80.9 Å². The second kappa shape index (κ2) is 4.60. The van der Waals surface area contributed by atoms with Gasteiger partial charge in [-0.05, 0) is 19.1 Å². The third-order valence-electron chi connectivity index (χ3n) is 2.59. The molecule has 0 fully saturated rings. The van der Waals surface area contributed by atoms with E-state index in [9.17, 15) is 4.79 Å². The Labute approximate surface area is 117 Å². The fourth-order valence-electron chi connectivity index (χ4n) is 1.70. The number of nitrogens with zero attached hydrogens (tertiary/aromatic N) is 2. The van der Waals surface area contributed by atoms with Crippen LogP contribution in [0.15, 0.2) is 23.7 Å². The number of hydrogen-bond acceptors (Lipinski definition) is 6. The zero-order valence-corrected chi connectivity index (χ0v) is 11.6. The largest absolute Gasteiger partial charge is 0.397 e. The third-order valence-corrected chi connectivity index (χ3v) is 4.39. The van der Waals surface area contributed by atoms with E-state index in [1.54, 1.807) is 11.6 Å². The molecule has 5 nitrogen and oxygen atoms in total. The number of pyridine rings is 1. The molecular formula is C12H10N4OS2. The SMILES string of the molecule is Cc1ccc2c(N)c(C(=O)Nc3nccs3)sc2n1. The van der Waals surface area contributed by atoms with Crippen LogP contribution in [-0.2, 0) is 0 Å². The molecule has 0 bridgehead atoms. The predicted molar refractivity (Wildman–Crippen MR) is 78.8 cm³/mol. The highest BCUT2D eigenvalue weighted by atomic mass is 32.1. The molecule has 3 heterocycles. The lowest BCUT2D eigenvalue weighted by Crippen LogP contribution is -2.11. The fraction of sp³-hybridized carbons (Fsp3) is 0.0833. The summed E-state index contributed by atoms with van der Waals surface area (Å²) >= 11 is 2.66. The average Bonchev–Trinajstić information content (AvgIpc) is 2.97. The number of carbonyl (C=O) groups is 1. The minimum Gasteiger partial charge on any atom is -0.397 e. The summed E-state index contributed by atoms with van der Waals surface area (Å²) in [5, 5.41) is 5.91. The first-order chi connectivity index (χ1) is 9.15. The number of aromatic nitrogens is 2. The smallest absolute Gasteiger partial charge is 0.269 e. The lowest BCUT2D eigenvalue weighted by atomic mass is 10.2. The Morgan fingerprint density at radius 2 is 2.26 bits per heavy atom. The first-order valence-electron chi connectivity index (χ1n) is 5.51. The lowest BCUT2D eigenvalue weighted by molar-refractivity contribution is 0.103. The Hall–Kier alpha value is -1.99. The van der Waals surface area contributed by atoms with Gasteiger partial charge in [0.05, 0.1) is 5.69 Å². The molecule has 0 spiro atoms. The number of fused-ring (bicyclic) bond motifs is 1. The van der Waals surface area contributed by atoms with E-state index in [1.807, 2.05) is 19.1 Å². The van der Waals surface area contributed by atoms with Crippen LogP contribution >= 0.6 is 22.7 Å². The Balaban J connectivity index is 2.00. The quantitative estimate of drug-likeness (QED) is 0.760. The van der Waals surface area contributed by atoms with Gasteiger partial charge in [-0.3, -0.25) is 10.1 Å². The highest BCUT2D eigenvalue weighted by Gasteiger charge is 2.17. The number of rotatable bonds is 2. The molecule has 3 aromatic rings. The van der Waals surface area contributed by atoms with Crippen molar-refractivity contribution in [2.45, 2.75) is 6.92 Å². The Morgan fingerprint density at radius 1 is 1.42 bits per heavy atom. The number of thiazole rings is 1. The number of amides is 1. The highest BCUT2D eigenvalue weighted by molar-refractivity contribution is 7.21. The van der Waals surface area contributed by atoms with Crippen molar-refractivity contribution in [2.24, 2.45) is 0 Å². The van der Waals surface area contributed by atoms with Crippen molar-refractivity contribution in [1.82, 2.24) is 9.97 Å². The number of nitrogens with two attached hydrogens (primary N) is 1. The number of carbonyl (C=O) groups excluding carboxylic acids is 1. The van der Waals surface area contributed by atoms with Gasteiger partial charge in [-0.25, -0.2) is 9.97 Å². The first-order valence-corrected chi connectivity index (χ1v) is 7.21. The molecule has 0 saturated heterocycles. The zero-order valence-electron chi connectivity index (χ0n) is 10.0. The second-order valence-electron chi connectivity index (χ2n) is 3.94. The van der Waals surface area contributed by atoms with Crippen LogP contribution in [0.2, 0.25) is 0 Å². The van der Waals surface area contributed by atoms with Crippen LogP contribution < -0.4 is 11.1 Å². The van der Waals surface area contributed by atoms with Gasteiger partial charge in [0.15, 0.2) is 5.13 Å². The van der Waals surface area contributed by atoms with Gasteiger partial charge in [0, 0.05) is 22.7 Å². The van der Waals surface area contributed by atoms with Gasteiger partial charge in [-0.2, -0.15) is 0 Å². The van der Waals surface area contributed by atoms with Gasteiger partial charge >= 0.3 is 0 Å². The summed E-state index contributed by atoms with van der Waals surface area (Å²) in [5.74, 6) is -0.242. The van der Waals surface area contributed by atoms with Gasteiger partial charge in [0.25, 0.3) is 5.91 Å². The standard InChI is InChI=1S/C12H10N4OS2/c1-6-2-3-7-8(13)9(19-11(7)15-6)10(17)16-12-14-4-5-18-12/h2-5H,13H2,1H3,(H,14,16,17). The van der Waals surface area contributed by atoms with Crippen LogP contribution in [0.1, 0.15) is 15.4 Å². The number of anilines is 2. The fourth-order valence-corrected chi connectivity index (χ4v) is 3.26. The second-order valence-corrected chi connectivity index (χ2v) is 5.84. The Kier molecular flexibility index (Phi) is 2.92. The highest BCUT2D eigenvalue weighted by Crippen LogP contribution is 2.33. The van der Waals surface area contributed by atoms with Crippen LogP contribution in [0.25, 0.3) is 10.2 Å². The molecule has 7 heteroatoms. The molecule has 0 atom stereocenters. The maximum absolute atomic E-state index is 12.1. The van der Waals surface area contributed by atoms with E-state index < -0.39 is 0 Å². The van der Waals surface area contributed by atoms with Gasteiger partial charge in [0.2, 0.25) is 0 Å². The number of nitrogen functional groups attached to an aromatic ring is 1. The summed E-state index contributed by atoms with van der Waals surface area (Å²) in [7, 11) is 0. The maximum Gasteiger partial charge on any atom is 0.269 e. The number of nitrogens with one attached hydrogen (secondary N) is 1. The molecule has 0 saturated carbocycles.